The molecule has 0 spiro atoms. The van der Waals surface area contributed by atoms with Crippen LogP contribution in [0.2, 0.25) is 0 Å². The van der Waals surface area contributed by atoms with E-state index >= 15 is 0 Å². The number of thiazole rings is 1. The monoisotopic (exact) mass is 454 g/mol. The van der Waals surface area contributed by atoms with Crippen LogP contribution in [-0.2, 0) is 10.0 Å². The van der Waals surface area contributed by atoms with Crippen molar-refractivity contribution < 1.29 is 23.1 Å². The average molecular weight is 455 g/mol. The highest BCUT2D eigenvalue weighted by molar-refractivity contribution is 7.92. The van der Waals surface area contributed by atoms with Crippen LogP contribution in [0.15, 0.2) is 59.4 Å². The van der Waals surface area contributed by atoms with E-state index in [0.29, 0.717) is 5.01 Å². The summed E-state index contributed by atoms with van der Waals surface area (Å²) in [7, 11) is -2.71. The summed E-state index contributed by atoms with van der Waals surface area (Å²) in [6, 6.07) is 11.4. The molecule has 0 aliphatic rings. The Morgan fingerprint density at radius 1 is 1.23 bits per heavy atom. The van der Waals surface area contributed by atoms with Gasteiger partial charge in [-0.05, 0) is 48.2 Å². The van der Waals surface area contributed by atoms with Gasteiger partial charge in [-0.25, -0.2) is 9.78 Å². The number of sulfonamides is 1. The van der Waals surface area contributed by atoms with Crippen LogP contribution in [0.1, 0.15) is 33.4 Å². The molecule has 7 nitrogen and oxygen atoms in total. The summed E-state index contributed by atoms with van der Waals surface area (Å²) in [5.41, 5.74) is 2.64. The normalized spacial score (nSPS) is 10.6. The molecular formula is C22H18N2O5S2. The number of aromatic carboxylic acids is 1. The molecule has 1 aromatic heterocycles. The maximum Gasteiger partial charge on any atom is 0.335 e. The maximum atomic E-state index is 12.7. The molecule has 0 unspecified atom stereocenters. The van der Waals surface area contributed by atoms with Crippen molar-refractivity contribution in [2.75, 3.05) is 11.8 Å². The van der Waals surface area contributed by atoms with Crippen molar-refractivity contribution in [2.45, 2.75) is 11.9 Å². The summed E-state index contributed by atoms with van der Waals surface area (Å²) in [5, 5.41) is 10.6. The Bertz CT molecular complexity index is 1330. The van der Waals surface area contributed by atoms with Gasteiger partial charge in [-0.15, -0.1) is 11.3 Å². The third kappa shape index (κ3) is 5.12. The number of benzene rings is 2. The van der Waals surface area contributed by atoms with E-state index in [-0.39, 0.29) is 22.0 Å². The largest absolute Gasteiger partial charge is 0.495 e. The smallest absolute Gasteiger partial charge is 0.335 e. The topological polar surface area (TPSA) is 106 Å². The van der Waals surface area contributed by atoms with Gasteiger partial charge in [-0.2, -0.15) is 8.42 Å². The van der Waals surface area contributed by atoms with Gasteiger partial charge in [0, 0.05) is 10.9 Å². The number of allylic oxidation sites excluding steroid dienone is 1. The SMILES string of the molecule is C=C(C)c1ccccc1C#Cc1nc(S(=O)(=O)Nc2ccc(C(=O)O)cc2OC)cs1. The van der Waals surface area contributed by atoms with E-state index in [1.807, 2.05) is 31.2 Å². The summed E-state index contributed by atoms with van der Waals surface area (Å²) in [5.74, 6) is 4.83. The van der Waals surface area contributed by atoms with Gasteiger partial charge < -0.3 is 9.84 Å². The number of nitrogens with zero attached hydrogens (tertiary/aromatic N) is 1. The molecule has 0 aliphatic heterocycles. The average Bonchev–Trinajstić information content (AvgIpc) is 3.22. The van der Waals surface area contributed by atoms with Crippen molar-refractivity contribution in [3.05, 3.63) is 76.1 Å². The lowest BCUT2D eigenvalue weighted by molar-refractivity contribution is 0.0696. The molecule has 2 aromatic carbocycles. The molecule has 0 saturated carbocycles. The number of hydrogen-bond acceptors (Lipinski definition) is 6. The van der Waals surface area contributed by atoms with Crippen molar-refractivity contribution in [3.63, 3.8) is 0 Å². The van der Waals surface area contributed by atoms with Gasteiger partial charge in [0.15, 0.2) is 10.0 Å². The second kappa shape index (κ2) is 9.04. The molecule has 0 atom stereocenters. The van der Waals surface area contributed by atoms with Gasteiger partial charge in [0.2, 0.25) is 0 Å². The first-order valence-corrected chi connectivity index (χ1v) is 11.2. The van der Waals surface area contributed by atoms with Crippen LogP contribution in [0.3, 0.4) is 0 Å². The molecule has 0 amide bonds. The second-order valence-corrected chi connectivity index (χ2v) is 8.88. The molecule has 0 saturated heterocycles. The Kier molecular flexibility index (Phi) is 6.44. The number of anilines is 1. The number of carbonyl (C=O) groups is 1. The molecule has 0 aliphatic carbocycles. The molecule has 158 valence electrons. The number of methoxy groups -OCH3 is 1. The lowest BCUT2D eigenvalue weighted by atomic mass is 10.0. The van der Waals surface area contributed by atoms with Crippen LogP contribution in [0.4, 0.5) is 5.69 Å². The first-order chi connectivity index (χ1) is 14.7. The van der Waals surface area contributed by atoms with Crippen LogP contribution < -0.4 is 9.46 Å². The highest BCUT2D eigenvalue weighted by Gasteiger charge is 2.20. The predicted molar refractivity (Wildman–Crippen MR) is 120 cm³/mol. The minimum Gasteiger partial charge on any atom is -0.495 e. The van der Waals surface area contributed by atoms with E-state index in [9.17, 15) is 13.2 Å². The van der Waals surface area contributed by atoms with E-state index in [1.165, 1.54) is 30.7 Å². The van der Waals surface area contributed by atoms with Crippen molar-refractivity contribution in [1.82, 2.24) is 4.98 Å². The Morgan fingerprint density at radius 2 is 1.97 bits per heavy atom. The zero-order valence-electron chi connectivity index (χ0n) is 16.7. The predicted octanol–water partition coefficient (Wildman–Crippen LogP) is 4.08. The standard InChI is InChI=1S/C22H18N2O5S2/c1-14(2)17-7-5-4-6-15(17)9-11-20-23-21(13-30-20)31(27,28)24-18-10-8-16(22(25)26)12-19(18)29-3/h4-8,10,12-13,24H,1H2,2-3H3,(H,25,26). The molecule has 0 radical (unpaired) electrons. The van der Waals surface area contributed by atoms with E-state index in [0.717, 1.165) is 28.0 Å². The summed E-state index contributed by atoms with van der Waals surface area (Å²) in [6.45, 7) is 5.82. The van der Waals surface area contributed by atoms with Crippen LogP contribution in [0, 0.1) is 11.8 Å². The van der Waals surface area contributed by atoms with Crippen molar-refractivity contribution in [1.29, 1.82) is 0 Å². The Balaban J connectivity index is 1.86. The lowest BCUT2D eigenvalue weighted by Crippen LogP contribution is -2.14. The van der Waals surface area contributed by atoms with Crippen molar-refractivity contribution in [3.8, 4) is 17.6 Å². The van der Waals surface area contributed by atoms with Gasteiger partial charge in [-0.1, -0.05) is 30.7 Å². The zero-order valence-corrected chi connectivity index (χ0v) is 18.3. The molecular weight excluding hydrogens is 436 g/mol. The lowest BCUT2D eigenvalue weighted by Gasteiger charge is -2.11. The molecule has 9 heteroatoms. The van der Waals surface area contributed by atoms with E-state index in [4.69, 9.17) is 9.84 Å². The van der Waals surface area contributed by atoms with Crippen LogP contribution in [0.25, 0.3) is 5.57 Å². The van der Waals surface area contributed by atoms with Crippen LogP contribution in [-0.4, -0.2) is 31.6 Å². The quantitative estimate of drug-likeness (QED) is 0.544. The van der Waals surface area contributed by atoms with Gasteiger partial charge in [0.1, 0.15) is 5.75 Å². The number of aromatic nitrogens is 1. The van der Waals surface area contributed by atoms with E-state index < -0.39 is 16.0 Å². The van der Waals surface area contributed by atoms with Gasteiger partial charge in [0.25, 0.3) is 10.0 Å². The van der Waals surface area contributed by atoms with Crippen molar-refractivity contribution >= 4 is 38.6 Å². The number of carboxylic acid groups (broad SMARTS) is 1. The Labute approximate surface area is 184 Å². The molecule has 1 heterocycles. The first-order valence-electron chi connectivity index (χ1n) is 8.88. The molecule has 3 aromatic rings. The zero-order chi connectivity index (χ0) is 22.6. The number of ether oxygens (including phenoxy) is 1. The summed E-state index contributed by atoms with van der Waals surface area (Å²) < 4.78 is 32.9. The third-order valence-corrected chi connectivity index (χ3v) is 6.30. The van der Waals surface area contributed by atoms with Crippen LogP contribution >= 0.6 is 11.3 Å². The maximum absolute atomic E-state index is 12.7. The minimum absolute atomic E-state index is 0.0268. The third-order valence-electron chi connectivity index (χ3n) is 4.14. The van der Waals surface area contributed by atoms with E-state index in [2.05, 4.69) is 28.1 Å². The fraction of sp³-hybridized carbons (Fsp3) is 0.0909. The van der Waals surface area contributed by atoms with Crippen LogP contribution in [0.5, 0.6) is 5.75 Å². The number of hydrogen-bond donors (Lipinski definition) is 2. The van der Waals surface area contributed by atoms with E-state index in [1.54, 1.807) is 0 Å². The molecule has 31 heavy (non-hydrogen) atoms. The minimum atomic E-state index is -4.02. The molecule has 0 bridgehead atoms. The number of carboxylic acids is 1. The highest BCUT2D eigenvalue weighted by Crippen LogP contribution is 2.28. The highest BCUT2D eigenvalue weighted by atomic mass is 32.2. The van der Waals surface area contributed by atoms with Gasteiger partial charge in [0.05, 0.1) is 18.4 Å². The molecule has 2 N–H and O–H groups in total. The van der Waals surface area contributed by atoms with Crippen molar-refractivity contribution in [2.24, 2.45) is 0 Å². The Hall–Kier alpha value is -3.61. The fourth-order valence-corrected chi connectivity index (χ4v) is 4.64. The van der Waals surface area contributed by atoms with Gasteiger partial charge >= 0.3 is 5.97 Å². The second-order valence-electron chi connectivity index (χ2n) is 6.39. The number of rotatable bonds is 6. The summed E-state index contributed by atoms with van der Waals surface area (Å²) in [6.07, 6.45) is 0. The van der Waals surface area contributed by atoms with Gasteiger partial charge in [-0.3, -0.25) is 4.72 Å². The Morgan fingerprint density at radius 3 is 2.65 bits per heavy atom. The fourth-order valence-electron chi connectivity index (χ4n) is 2.63. The summed E-state index contributed by atoms with van der Waals surface area (Å²) >= 11 is 1.10. The molecule has 3 rings (SSSR count). The number of nitrogens with one attached hydrogen (secondary N) is 1. The molecule has 0 fully saturated rings. The summed E-state index contributed by atoms with van der Waals surface area (Å²) in [4.78, 5) is 15.2. The first kappa shape index (κ1) is 22.1.